The monoisotopic (exact) mass is 323 g/mol. The predicted octanol–water partition coefficient (Wildman–Crippen LogP) is 2.55. The summed E-state index contributed by atoms with van der Waals surface area (Å²) in [6.45, 7) is 4.18. The third-order valence-electron chi connectivity index (χ3n) is 4.04. The molecule has 0 atom stereocenters. The molecule has 1 aromatic carbocycles. The molecule has 0 fully saturated rings. The van der Waals surface area contributed by atoms with Gasteiger partial charge in [-0.1, -0.05) is 17.4 Å². The van der Waals surface area contributed by atoms with Crippen LogP contribution in [0, 0.1) is 18.3 Å². The normalized spacial score (nSPS) is 13.3. The number of fused-ring (bicyclic) bond motifs is 2. The standard InChI is InChI=1S/C16H13N5OS/c1-9-19-21-14(8-17)15(18-16(21)23-9)12-3-4-13-11(7-12)5-6-20(13)10(2)22/h3-4,7H,5-6H2,1-2H3. The first kappa shape index (κ1) is 13.9. The van der Waals surface area contributed by atoms with Gasteiger partial charge < -0.3 is 4.90 Å². The smallest absolute Gasteiger partial charge is 0.223 e. The maximum Gasteiger partial charge on any atom is 0.223 e. The number of carbonyl (C=O) groups is 1. The number of anilines is 1. The first-order valence-electron chi connectivity index (χ1n) is 7.26. The van der Waals surface area contributed by atoms with E-state index in [1.165, 1.54) is 11.3 Å². The summed E-state index contributed by atoms with van der Waals surface area (Å²) in [6, 6.07) is 8.09. The van der Waals surface area contributed by atoms with Gasteiger partial charge in [-0.25, -0.2) is 4.98 Å². The molecule has 0 radical (unpaired) electrons. The van der Waals surface area contributed by atoms with E-state index in [4.69, 9.17) is 0 Å². The van der Waals surface area contributed by atoms with Crippen LogP contribution in [-0.2, 0) is 11.2 Å². The van der Waals surface area contributed by atoms with Gasteiger partial charge in [0.15, 0.2) is 5.69 Å². The highest BCUT2D eigenvalue weighted by molar-refractivity contribution is 7.16. The molecule has 3 aromatic rings. The van der Waals surface area contributed by atoms with E-state index < -0.39 is 0 Å². The van der Waals surface area contributed by atoms with Gasteiger partial charge in [0.05, 0.1) is 0 Å². The molecule has 0 spiro atoms. The Morgan fingerprint density at radius 2 is 2.26 bits per heavy atom. The minimum atomic E-state index is 0.0522. The van der Waals surface area contributed by atoms with Crippen LogP contribution in [0.1, 0.15) is 23.2 Å². The number of hydrogen-bond donors (Lipinski definition) is 0. The van der Waals surface area contributed by atoms with Crippen molar-refractivity contribution in [1.29, 1.82) is 5.26 Å². The van der Waals surface area contributed by atoms with Crippen molar-refractivity contribution in [1.82, 2.24) is 14.6 Å². The number of nitriles is 1. The molecule has 2 aromatic heterocycles. The largest absolute Gasteiger partial charge is 0.312 e. The van der Waals surface area contributed by atoms with Crippen LogP contribution in [0.2, 0.25) is 0 Å². The van der Waals surface area contributed by atoms with Gasteiger partial charge in [0.2, 0.25) is 10.9 Å². The Morgan fingerprint density at radius 1 is 1.43 bits per heavy atom. The van der Waals surface area contributed by atoms with Crippen molar-refractivity contribution in [3.63, 3.8) is 0 Å². The van der Waals surface area contributed by atoms with Gasteiger partial charge in [-0.05, 0) is 31.0 Å². The number of benzene rings is 1. The maximum atomic E-state index is 11.6. The lowest BCUT2D eigenvalue weighted by Crippen LogP contribution is -2.25. The van der Waals surface area contributed by atoms with Crippen LogP contribution in [0.25, 0.3) is 16.2 Å². The molecule has 0 bridgehead atoms. The zero-order valence-corrected chi connectivity index (χ0v) is 13.5. The van der Waals surface area contributed by atoms with Crippen molar-refractivity contribution in [3.05, 3.63) is 34.5 Å². The van der Waals surface area contributed by atoms with Crippen LogP contribution in [0.15, 0.2) is 18.2 Å². The molecule has 1 aliphatic rings. The van der Waals surface area contributed by atoms with E-state index in [0.29, 0.717) is 17.9 Å². The van der Waals surface area contributed by atoms with Crippen molar-refractivity contribution in [2.75, 3.05) is 11.4 Å². The van der Waals surface area contributed by atoms with Crippen LogP contribution < -0.4 is 4.90 Å². The van der Waals surface area contributed by atoms with Crippen molar-refractivity contribution in [2.45, 2.75) is 20.3 Å². The second-order valence-corrected chi connectivity index (χ2v) is 6.66. The number of aryl methyl sites for hydroxylation is 1. The summed E-state index contributed by atoms with van der Waals surface area (Å²) >= 11 is 1.46. The average molecular weight is 323 g/mol. The quantitative estimate of drug-likeness (QED) is 0.690. The molecule has 6 nitrogen and oxygen atoms in total. The summed E-state index contributed by atoms with van der Waals surface area (Å²) in [7, 11) is 0. The zero-order valence-electron chi connectivity index (χ0n) is 12.7. The molecule has 0 N–H and O–H groups in total. The number of aromatic nitrogens is 3. The van der Waals surface area contributed by atoms with Gasteiger partial charge in [0.1, 0.15) is 16.8 Å². The second kappa shape index (κ2) is 4.89. The Morgan fingerprint density at radius 3 is 3.00 bits per heavy atom. The maximum absolute atomic E-state index is 11.6. The van der Waals surface area contributed by atoms with Gasteiger partial charge in [-0.2, -0.15) is 14.9 Å². The van der Waals surface area contributed by atoms with Crippen LogP contribution in [0.4, 0.5) is 5.69 Å². The van der Waals surface area contributed by atoms with E-state index in [1.54, 1.807) is 16.3 Å². The summed E-state index contributed by atoms with van der Waals surface area (Å²) in [4.78, 5) is 18.7. The summed E-state index contributed by atoms with van der Waals surface area (Å²) in [5.74, 6) is 0.0522. The molecule has 7 heteroatoms. The summed E-state index contributed by atoms with van der Waals surface area (Å²) in [5.41, 5.74) is 4.05. The Kier molecular flexibility index (Phi) is 2.96. The lowest BCUT2D eigenvalue weighted by atomic mass is 10.0. The third kappa shape index (κ3) is 2.03. The van der Waals surface area contributed by atoms with E-state index in [-0.39, 0.29) is 5.91 Å². The number of amides is 1. The molecule has 114 valence electrons. The molecule has 0 saturated heterocycles. The number of imidazole rings is 1. The van der Waals surface area contributed by atoms with E-state index >= 15 is 0 Å². The molecule has 3 heterocycles. The van der Waals surface area contributed by atoms with E-state index in [9.17, 15) is 10.1 Å². The molecule has 1 aliphatic heterocycles. The molecule has 0 saturated carbocycles. The Labute approximate surface area is 136 Å². The van der Waals surface area contributed by atoms with Crippen molar-refractivity contribution < 1.29 is 4.79 Å². The van der Waals surface area contributed by atoms with Crippen LogP contribution in [-0.4, -0.2) is 27.0 Å². The van der Waals surface area contributed by atoms with Gasteiger partial charge in [0, 0.05) is 24.7 Å². The highest BCUT2D eigenvalue weighted by atomic mass is 32.1. The van der Waals surface area contributed by atoms with E-state index in [2.05, 4.69) is 16.2 Å². The number of carbonyl (C=O) groups excluding carboxylic acids is 1. The lowest BCUT2D eigenvalue weighted by molar-refractivity contribution is -0.116. The van der Waals surface area contributed by atoms with Gasteiger partial charge in [-0.3, -0.25) is 4.79 Å². The highest BCUT2D eigenvalue weighted by Gasteiger charge is 2.24. The fraction of sp³-hybridized carbons (Fsp3) is 0.250. The minimum absolute atomic E-state index is 0.0522. The van der Waals surface area contributed by atoms with E-state index in [1.807, 2.05) is 25.1 Å². The van der Waals surface area contributed by atoms with Crippen LogP contribution in [0.5, 0.6) is 0 Å². The number of nitrogens with zero attached hydrogens (tertiary/aromatic N) is 5. The first-order chi connectivity index (χ1) is 11.1. The highest BCUT2D eigenvalue weighted by Crippen LogP contribution is 2.34. The number of hydrogen-bond acceptors (Lipinski definition) is 5. The van der Waals surface area contributed by atoms with Crippen molar-refractivity contribution in [2.24, 2.45) is 0 Å². The second-order valence-electron chi connectivity index (χ2n) is 5.50. The predicted molar refractivity (Wildman–Crippen MR) is 87.5 cm³/mol. The number of rotatable bonds is 1. The van der Waals surface area contributed by atoms with Crippen LogP contribution in [0.3, 0.4) is 0 Å². The van der Waals surface area contributed by atoms with E-state index in [0.717, 1.165) is 33.2 Å². The molecule has 4 rings (SSSR count). The SMILES string of the molecule is CC(=O)N1CCc2cc(-c3nc4sc(C)nn4c3C#N)ccc21. The minimum Gasteiger partial charge on any atom is -0.312 e. The fourth-order valence-electron chi connectivity index (χ4n) is 3.02. The summed E-state index contributed by atoms with van der Waals surface area (Å²) in [5, 5.41) is 14.7. The summed E-state index contributed by atoms with van der Waals surface area (Å²) in [6.07, 6.45) is 0.824. The third-order valence-corrected chi connectivity index (χ3v) is 4.86. The van der Waals surface area contributed by atoms with Gasteiger partial charge in [0.25, 0.3) is 0 Å². The van der Waals surface area contributed by atoms with Gasteiger partial charge in [-0.15, -0.1) is 0 Å². The summed E-state index contributed by atoms with van der Waals surface area (Å²) < 4.78 is 1.60. The van der Waals surface area contributed by atoms with Crippen LogP contribution >= 0.6 is 11.3 Å². The van der Waals surface area contributed by atoms with Crippen molar-refractivity contribution in [3.8, 4) is 17.3 Å². The Balaban J connectivity index is 1.85. The Bertz CT molecular complexity index is 994. The molecule has 0 aliphatic carbocycles. The van der Waals surface area contributed by atoms with Crippen molar-refractivity contribution >= 4 is 27.9 Å². The molecular weight excluding hydrogens is 310 g/mol. The topological polar surface area (TPSA) is 74.3 Å². The molecular formula is C16H13N5OS. The molecule has 1 amide bonds. The molecule has 0 unspecified atom stereocenters. The fourth-order valence-corrected chi connectivity index (χ4v) is 3.76. The zero-order chi connectivity index (χ0) is 16.1. The molecule has 23 heavy (non-hydrogen) atoms. The van der Waals surface area contributed by atoms with Gasteiger partial charge >= 0.3 is 0 Å². The average Bonchev–Trinajstić information content (AvgIpc) is 3.17. The lowest BCUT2D eigenvalue weighted by Gasteiger charge is -2.14. The first-order valence-corrected chi connectivity index (χ1v) is 8.08. The Hall–Kier alpha value is -2.72.